The van der Waals surface area contributed by atoms with E-state index in [-0.39, 0.29) is 0 Å². The van der Waals surface area contributed by atoms with Gasteiger partial charge in [-0.15, -0.1) is 0 Å². The van der Waals surface area contributed by atoms with E-state index >= 15 is 0 Å². The molecule has 0 spiro atoms. The Morgan fingerprint density at radius 3 is 2.80 bits per heavy atom. The lowest BCUT2D eigenvalue weighted by atomic mass is 10.2. The van der Waals surface area contributed by atoms with E-state index in [1.165, 1.54) is 0 Å². The molecule has 0 unspecified atom stereocenters. The smallest absolute Gasteiger partial charge is 0.224 e. The summed E-state index contributed by atoms with van der Waals surface area (Å²) < 4.78 is 6.23. The van der Waals surface area contributed by atoms with Crippen molar-refractivity contribution in [3.8, 4) is 5.75 Å². The molecule has 1 heterocycles. The van der Waals surface area contributed by atoms with E-state index in [4.69, 9.17) is 4.74 Å². The molecule has 106 valence electrons. The Morgan fingerprint density at radius 1 is 1.35 bits per heavy atom. The maximum atomic E-state index is 5.37. The van der Waals surface area contributed by atoms with Crippen LogP contribution in [0.4, 0.5) is 11.8 Å². The van der Waals surface area contributed by atoms with Gasteiger partial charge in [-0.3, -0.25) is 0 Å². The van der Waals surface area contributed by atoms with Crippen LogP contribution in [0.25, 0.3) is 0 Å². The molecular weight excluding hydrogens is 320 g/mol. The fourth-order valence-electron chi connectivity index (χ4n) is 1.91. The van der Waals surface area contributed by atoms with E-state index in [1.807, 2.05) is 36.2 Å². The van der Waals surface area contributed by atoms with E-state index in [0.29, 0.717) is 12.5 Å². The van der Waals surface area contributed by atoms with Crippen LogP contribution in [0.2, 0.25) is 0 Å². The van der Waals surface area contributed by atoms with Gasteiger partial charge in [0.05, 0.1) is 11.6 Å². The first-order valence-corrected chi connectivity index (χ1v) is 6.98. The number of rotatable bonds is 5. The van der Waals surface area contributed by atoms with Crippen LogP contribution in [-0.2, 0) is 6.54 Å². The van der Waals surface area contributed by atoms with Gasteiger partial charge in [-0.2, -0.15) is 4.98 Å². The predicted octanol–water partition coefficient (Wildman–Crippen LogP) is 2.93. The Labute approximate surface area is 127 Å². The highest BCUT2D eigenvalue weighted by atomic mass is 79.9. The fourth-order valence-corrected chi connectivity index (χ4v) is 2.40. The van der Waals surface area contributed by atoms with Crippen molar-refractivity contribution in [3.05, 3.63) is 40.5 Å². The third-order valence-corrected chi connectivity index (χ3v) is 3.47. The topological polar surface area (TPSA) is 50.3 Å². The standard InChI is InChI=1S/C14H17BrN4O/c1-16-14-17-8-11(15)13(18-14)19(2)9-10-6-4-5-7-12(10)20-3/h4-8H,9H2,1-3H3,(H,16,17,18). The number of para-hydroxylation sites is 1. The molecular formula is C14H17BrN4O. The Kier molecular flexibility index (Phi) is 4.79. The maximum Gasteiger partial charge on any atom is 0.224 e. The third kappa shape index (κ3) is 3.19. The zero-order valence-corrected chi connectivity index (χ0v) is 13.3. The van der Waals surface area contributed by atoms with E-state index < -0.39 is 0 Å². The van der Waals surface area contributed by atoms with Crippen LogP contribution >= 0.6 is 15.9 Å². The molecule has 20 heavy (non-hydrogen) atoms. The first-order valence-electron chi connectivity index (χ1n) is 6.19. The zero-order valence-electron chi connectivity index (χ0n) is 11.7. The van der Waals surface area contributed by atoms with Gasteiger partial charge in [-0.25, -0.2) is 4.98 Å². The summed E-state index contributed by atoms with van der Waals surface area (Å²) in [6.45, 7) is 0.697. The average molecular weight is 337 g/mol. The van der Waals surface area contributed by atoms with Crippen molar-refractivity contribution in [2.24, 2.45) is 0 Å². The van der Waals surface area contributed by atoms with Crippen molar-refractivity contribution in [2.45, 2.75) is 6.54 Å². The normalized spacial score (nSPS) is 10.2. The van der Waals surface area contributed by atoms with Gasteiger partial charge in [0.15, 0.2) is 0 Å². The summed E-state index contributed by atoms with van der Waals surface area (Å²) in [7, 11) is 5.46. The quantitative estimate of drug-likeness (QED) is 0.909. The van der Waals surface area contributed by atoms with Gasteiger partial charge in [0.25, 0.3) is 0 Å². The van der Waals surface area contributed by atoms with Gasteiger partial charge < -0.3 is 15.0 Å². The number of halogens is 1. The molecule has 1 N–H and O–H groups in total. The number of methoxy groups -OCH3 is 1. The number of anilines is 2. The first-order chi connectivity index (χ1) is 9.65. The Balaban J connectivity index is 2.25. The molecule has 0 radical (unpaired) electrons. The van der Waals surface area contributed by atoms with Crippen LogP contribution in [0, 0.1) is 0 Å². The Bertz CT molecular complexity index is 591. The van der Waals surface area contributed by atoms with Crippen LogP contribution in [0.5, 0.6) is 5.75 Å². The van der Waals surface area contributed by atoms with Gasteiger partial charge in [-0.1, -0.05) is 18.2 Å². The fraction of sp³-hybridized carbons (Fsp3) is 0.286. The Hall–Kier alpha value is -1.82. The van der Waals surface area contributed by atoms with Gasteiger partial charge in [0.2, 0.25) is 5.95 Å². The molecule has 1 aromatic carbocycles. The van der Waals surface area contributed by atoms with E-state index in [1.54, 1.807) is 20.4 Å². The summed E-state index contributed by atoms with van der Waals surface area (Å²) in [4.78, 5) is 10.7. The molecule has 6 heteroatoms. The number of nitrogens with one attached hydrogen (secondary N) is 1. The summed E-state index contributed by atoms with van der Waals surface area (Å²) >= 11 is 3.48. The summed E-state index contributed by atoms with van der Waals surface area (Å²) in [5.41, 5.74) is 1.11. The SMILES string of the molecule is CNc1ncc(Br)c(N(C)Cc2ccccc2OC)n1. The molecule has 0 fully saturated rings. The van der Waals surface area contributed by atoms with E-state index in [2.05, 4.69) is 31.2 Å². The molecule has 0 aliphatic rings. The zero-order chi connectivity index (χ0) is 14.5. The molecule has 0 atom stereocenters. The number of aromatic nitrogens is 2. The van der Waals surface area contributed by atoms with Gasteiger partial charge >= 0.3 is 0 Å². The van der Waals surface area contributed by atoms with Crippen molar-refractivity contribution in [1.29, 1.82) is 0 Å². The van der Waals surface area contributed by atoms with Crippen LogP contribution in [0.3, 0.4) is 0 Å². The highest BCUT2D eigenvalue weighted by Gasteiger charge is 2.12. The van der Waals surface area contributed by atoms with Crippen molar-refractivity contribution in [2.75, 3.05) is 31.4 Å². The lowest BCUT2D eigenvalue weighted by Crippen LogP contribution is -2.19. The minimum absolute atomic E-state index is 0.593. The molecule has 2 rings (SSSR count). The summed E-state index contributed by atoms with van der Waals surface area (Å²) in [5.74, 6) is 2.30. The van der Waals surface area contributed by atoms with Crippen molar-refractivity contribution in [3.63, 3.8) is 0 Å². The van der Waals surface area contributed by atoms with Crippen LogP contribution in [0.15, 0.2) is 34.9 Å². The molecule has 0 saturated heterocycles. The maximum absolute atomic E-state index is 5.37. The minimum atomic E-state index is 0.593. The molecule has 0 saturated carbocycles. The highest BCUT2D eigenvalue weighted by molar-refractivity contribution is 9.10. The third-order valence-electron chi connectivity index (χ3n) is 2.91. The lowest BCUT2D eigenvalue weighted by Gasteiger charge is -2.21. The number of hydrogen-bond donors (Lipinski definition) is 1. The van der Waals surface area contributed by atoms with Gasteiger partial charge in [0.1, 0.15) is 11.6 Å². The van der Waals surface area contributed by atoms with Crippen molar-refractivity contribution >= 4 is 27.7 Å². The molecule has 0 aliphatic heterocycles. The monoisotopic (exact) mass is 336 g/mol. The van der Waals surface area contributed by atoms with Crippen LogP contribution in [-0.4, -0.2) is 31.2 Å². The van der Waals surface area contributed by atoms with Crippen molar-refractivity contribution < 1.29 is 4.74 Å². The largest absolute Gasteiger partial charge is 0.496 e. The van der Waals surface area contributed by atoms with E-state index in [9.17, 15) is 0 Å². The molecule has 2 aromatic rings. The highest BCUT2D eigenvalue weighted by Crippen LogP contribution is 2.26. The predicted molar refractivity (Wildman–Crippen MR) is 84.4 cm³/mol. The second kappa shape index (κ2) is 6.56. The molecule has 5 nitrogen and oxygen atoms in total. The number of benzene rings is 1. The number of nitrogens with zero attached hydrogens (tertiary/aromatic N) is 3. The van der Waals surface area contributed by atoms with Crippen LogP contribution < -0.4 is 15.0 Å². The minimum Gasteiger partial charge on any atom is -0.496 e. The number of hydrogen-bond acceptors (Lipinski definition) is 5. The second-order valence-electron chi connectivity index (χ2n) is 4.28. The number of ether oxygens (including phenoxy) is 1. The van der Waals surface area contributed by atoms with Crippen molar-refractivity contribution in [1.82, 2.24) is 9.97 Å². The summed E-state index contributed by atoms with van der Waals surface area (Å²) in [6.07, 6.45) is 1.74. The summed E-state index contributed by atoms with van der Waals surface area (Å²) in [5, 5.41) is 2.94. The Morgan fingerprint density at radius 2 is 2.10 bits per heavy atom. The van der Waals surface area contributed by atoms with Crippen LogP contribution in [0.1, 0.15) is 5.56 Å². The lowest BCUT2D eigenvalue weighted by molar-refractivity contribution is 0.409. The van der Waals surface area contributed by atoms with Gasteiger partial charge in [-0.05, 0) is 22.0 Å². The molecule has 1 aromatic heterocycles. The molecule has 0 bridgehead atoms. The van der Waals surface area contributed by atoms with Gasteiger partial charge in [0, 0.05) is 32.4 Å². The summed E-state index contributed by atoms with van der Waals surface area (Å²) in [6, 6.07) is 7.96. The first kappa shape index (κ1) is 14.6. The molecule has 0 amide bonds. The molecule has 0 aliphatic carbocycles. The average Bonchev–Trinajstić information content (AvgIpc) is 2.48. The second-order valence-corrected chi connectivity index (χ2v) is 5.14. The van der Waals surface area contributed by atoms with E-state index in [0.717, 1.165) is 21.6 Å².